The molecule has 0 fully saturated rings. The van der Waals surface area contributed by atoms with Crippen molar-refractivity contribution >= 4 is 23.7 Å². The van der Waals surface area contributed by atoms with E-state index in [1.54, 1.807) is 66.0 Å². The predicted molar refractivity (Wildman–Crippen MR) is 116 cm³/mol. The van der Waals surface area contributed by atoms with Crippen molar-refractivity contribution in [2.75, 3.05) is 6.54 Å². The average Bonchev–Trinajstić information content (AvgIpc) is 2.57. The van der Waals surface area contributed by atoms with Crippen LogP contribution in [0.5, 0.6) is 0 Å². The monoisotopic (exact) mass is 442 g/mol. The number of nitrogens with one attached hydrogen (secondary N) is 2. The van der Waals surface area contributed by atoms with Crippen molar-refractivity contribution in [1.82, 2.24) is 10.6 Å². The Bertz CT molecular complexity index is 754. The van der Waals surface area contributed by atoms with Gasteiger partial charge >= 0.3 is 12.1 Å². The number of ether oxygens (including phenoxy) is 2. The summed E-state index contributed by atoms with van der Waals surface area (Å²) >= 11 is 5.76. The van der Waals surface area contributed by atoms with Crippen LogP contribution in [0.3, 0.4) is 0 Å². The number of hydrogen-bond donors (Lipinski definition) is 2. The van der Waals surface area contributed by atoms with Gasteiger partial charge in [-0.2, -0.15) is 0 Å². The Morgan fingerprint density at radius 3 is 2.37 bits per heavy atom. The molecule has 0 aliphatic carbocycles. The Morgan fingerprint density at radius 2 is 1.77 bits per heavy atom. The minimum atomic E-state index is -0.870. The summed E-state index contributed by atoms with van der Waals surface area (Å²) in [4.78, 5) is 24.5. The van der Waals surface area contributed by atoms with E-state index in [0.29, 0.717) is 18.5 Å². The molecule has 1 atom stereocenters. The summed E-state index contributed by atoms with van der Waals surface area (Å²) in [6, 6.07) is 3.98. The number of benzene rings is 1. The van der Waals surface area contributed by atoms with Crippen molar-refractivity contribution in [2.45, 2.75) is 71.6 Å². The lowest BCUT2D eigenvalue weighted by molar-refractivity contribution is -0.157. The Hall–Kier alpha value is -2.28. The maximum atomic E-state index is 13.9. The summed E-state index contributed by atoms with van der Waals surface area (Å²) in [5.41, 5.74) is -0.878. The van der Waals surface area contributed by atoms with Crippen molar-refractivity contribution in [1.29, 1.82) is 0 Å². The molecule has 0 aliphatic rings. The second-order valence-electron chi connectivity index (χ2n) is 8.79. The largest absolute Gasteiger partial charge is 0.458 e. The molecule has 0 heterocycles. The van der Waals surface area contributed by atoms with Crippen LogP contribution in [-0.4, -0.2) is 35.9 Å². The van der Waals surface area contributed by atoms with Crippen LogP contribution in [0.1, 0.15) is 53.5 Å². The summed E-state index contributed by atoms with van der Waals surface area (Å²) in [5.74, 6) is -0.976. The van der Waals surface area contributed by atoms with Gasteiger partial charge in [0.15, 0.2) is 0 Å². The third-order valence-corrected chi connectivity index (χ3v) is 3.86. The summed E-state index contributed by atoms with van der Waals surface area (Å²) in [6.07, 6.45) is 3.37. The number of esters is 1. The molecule has 8 heteroatoms. The highest BCUT2D eigenvalue weighted by atomic mass is 35.5. The molecular weight excluding hydrogens is 411 g/mol. The van der Waals surface area contributed by atoms with Gasteiger partial charge in [-0.1, -0.05) is 29.8 Å². The molecule has 0 saturated heterocycles. The number of halogens is 2. The van der Waals surface area contributed by atoms with Crippen molar-refractivity contribution in [3.05, 3.63) is 46.9 Å². The van der Waals surface area contributed by atoms with Crippen LogP contribution in [0.4, 0.5) is 9.18 Å². The predicted octanol–water partition coefficient (Wildman–Crippen LogP) is 4.75. The zero-order chi connectivity index (χ0) is 22.9. The van der Waals surface area contributed by atoms with E-state index in [-0.39, 0.29) is 11.4 Å². The van der Waals surface area contributed by atoms with Gasteiger partial charge < -0.3 is 20.1 Å². The molecule has 6 nitrogen and oxygen atoms in total. The Labute approximate surface area is 183 Å². The van der Waals surface area contributed by atoms with Crippen LogP contribution in [0.15, 0.2) is 30.5 Å². The molecule has 0 aromatic heterocycles. The maximum Gasteiger partial charge on any atom is 0.408 e. The van der Waals surface area contributed by atoms with Gasteiger partial charge in [0.05, 0.1) is 5.02 Å². The standard InChI is InChI=1S/C22H32ClFN2O4/c1-21(2,3)29-19(27)17(26-20(28)30-22(4,5)6)12-14-25-13-8-10-15-9-7-11-16(23)18(15)24/h7-9,11,13,17,25H,10,12,14H2,1-6H3,(H,26,28)/b13-8+/t17-/m0/s1. The molecule has 0 spiro atoms. The first-order valence-corrected chi connectivity index (χ1v) is 10.2. The summed E-state index contributed by atoms with van der Waals surface area (Å²) in [6.45, 7) is 10.9. The van der Waals surface area contributed by atoms with Gasteiger partial charge in [0, 0.05) is 6.54 Å². The highest BCUT2D eigenvalue weighted by molar-refractivity contribution is 6.30. The lowest BCUT2D eigenvalue weighted by atomic mass is 10.1. The van der Waals surface area contributed by atoms with E-state index in [9.17, 15) is 14.0 Å². The van der Waals surface area contributed by atoms with Crippen molar-refractivity contribution < 1.29 is 23.5 Å². The maximum absolute atomic E-state index is 13.9. The van der Waals surface area contributed by atoms with E-state index in [2.05, 4.69) is 10.6 Å². The molecule has 0 bridgehead atoms. The van der Waals surface area contributed by atoms with Crippen LogP contribution in [-0.2, 0) is 20.7 Å². The Morgan fingerprint density at radius 1 is 1.13 bits per heavy atom. The highest BCUT2D eigenvalue weighted by Crippen LogP contribution is 2.18. The lowest BCUT2D eigenvalue weighted by Crippen LogP contribution is -2.47. The molecule has 0 radical (unpaired) electrons. The highest BCUT2D eigenvalue weighted by Gasteiger charge is 2.28. The first-order valence-electron chi connectivity index (χ1n) is 9.82. The molecule has 0 saturated carbocycles. The second-order valence-corrected chi connectivity index (χ2v) is 9.20. The number of alkyl carbamates (subject to hydrolysis) is 1. The fourth-order valence-electron chi connectivity index (χ4n) is 2.36. The average molecular weight is 443 g/mol. The van der Waals surface area contributed by atoms with Crippen LogP contribution >= 0.6 is 11.6 Å². The van der Waals surface area contributed by atoms with E-state index in [4.69, 9.17) is 21.1 Å². The molecule has 30 heavy (non-hydrogen) atoms. The third-order valence-electron chi connectivity index (χ3n) is 3.56. The van der Waals surface area contributed by atoms with E-state index < -0.39 is 35.1 Å². The molecule has 1 rings (SSSR count). The van der Waals surface area contributed by atoms with Crippen molar-refractivity contribution in [3.63, 3.8) is 0 Å². The topological polar surface area (TPSA) is 76.7 Å². The zero-order valence-electron chi connectivity index (χ0n) is 18.5. The normalized spacial score (nSPS) is 13.1. The second kappa shape index (κ2) is 11.2. The molecular formula is C22H32ClFN2O4. The van der Waals surface area contributed by atoms with Gasteiger partial charge in [-0.3, -0.25) is 0 Å². The fraction of sp³-hybridized carbons (Fsp3) is 0.545. The number of allylic oxidation sites excluding steroid dienone is 1. The molecule has 2 N–H and O–H groups in total. The van der Waals surface area contributed by atoms with Gasteiger partial charge in [0.2, 0.25) is 0 Å². The van der Waals surface area contributed by atoms with E-state index in [0.717, 1.165) is 0 Å². The number of amides is 1. The van der Waals surface area contributed by atoms with E-state index in [1.165, 1.54) is 6.07 Å². The van der Waals surface area contributed by atoms with Gasteiger partial charge in [-0.05, 0) is 72.2 Å². The minimum absolute atomic E-state index is 0.0854. The SMILES string of the molecule is CC(C)(C)OC(=O)N[C@@H](CCN/C=C/Cc1cccc(Cl)c1F)C(=O)OC(C)(C)C. The zero-order valence-corrected chi connectivity index (χ0v) is 19.2. The van der Waals surface area contributed by atoms with E-state index in [1.807, 2.05) is 0 Å². The fourth-order valence-corrected chi connectivity index (χ4v) is 2.55. The van der Waals surface area contributed by atoms with E-state index >= 15 is 0 Å². The number of carbonyl (C=O) groups is 2. The molecule has 168 valence electrons. The quantitative estimate of drug-likeness (QED) is 0.448. The Balaban J connectivity index is 2.60. The molecule has 0 aliphatic heterocycles. The molecule has 1 amide bonds. The van der Waals surface area contributed by atoms with Crippen LogP contribution in [0, 0.1) is 5.82 Å². The number of rotatable bonds is 8. The first kappa shape index (κ1) is 25.8. The third kappa shape index (κ3) is 10.5. The number of carbonyl (C=O) groups excluding carboxylic acids is 2. The van der Waals surface area contributed by atoms with Crippen LogP contribution in [0.25, 0.3) is 0 Å². The smallest absolute Gasteiger partial charge is 0.408 e. The first-order chi connectivity index (χ1) is 13.8. The van der Waals surface area contributed by atoms with Crippen LogP contribution in [0.2, 0.25) is 5.02 Å². The van der Waals surface area contributed by atoms with Crippen molar-refractivity contribution in [3.8, 4) is 0 Å². The van der Waals surface area contributed by atoms with Gasteiger partial charge in [-0.25, -0.2) is 14.0 Å². The van der Waals surface area contributed by atoms with Gasteiger partial charge in [0.25, 0.3) is 0 Å². The Kier molecular flexibility index (Phi) is 9.62. The van der Waals surface area contributed by atoms with Gasteiger partial charge in [-0.15, -0.1) is 0 Å². The van der Waals surface area contributed by atoms with Crippen molar-refractivity contribution in [2.24, 2.45) is 0 Å². The van der Waals surface area contributed by atoms with Gasteiger partial charge in [0.1, 0.15) is 23.1 Å². The molecule has 1 aromatic carbocycles. The summed E-state index contributed by atoms with van der Waals surface area (Å²) in [7, 11) is 0. The minimum Gasteiger partial charge on any atom is -0.458 e. The molecule has 1 aromatic rings. The number of hydrogen-bond acceptors (Lipinski definition) is 5. The van der Waals surface area contributed by atoms with Crippen LogP contribution < -0.4 is 10.6 Å². The lowest BCUT2D eigenvalue weighted by Gasteiger charge is -2.26. The molecule has 0 unspecified atom stereocenters. The summed E-state index contributed by atoms with van der Waals surface area (Å²) < 4.78 is 24.5. The summed E-state index contributed by atoms with van der Waals surface area (Å²) in [5, 5.41) is 5.67.